The molecular formula is C11H14F6N2O5. The molecular weight excluding hydrogens is 354 g/mol. The van der Waals surface area contributed by atoms with Gasteiger partial charge in [-0.25, -0.2) is 9.59 Å². The summed E-state index contributed by atoms with van der Waals surface area (Å²) in [5.41, 5.74) is -2.43. The van der Waals surface area contributed by atoms with Crippen LogP contribution in [0.15, 0.2) is 0 Å². The van der Waals surface area contributed by atoms with Gasteiger partial charge in [-0.05, 0) is 7.05 Å². The number of ether oxygens (including phenoxy) is 3. The van der Waals surface area contributed by atoms with Crippen molar-refractivity contribution in [2.24, 2.45) is 0 Å². The van der Waals surface area contributed by atoms with Crippen molar-refractivity contribution in [1.29, 1.82) is 0 Å². The molecule has 0 aromatic heterocycles. The monoisotopic (exact) mass is 368 g/mol. The van der Waals surface area contributed by atoms with Gasteiger partial charge in [0.25, 0.3) is 0 Å². The third-order valence-electron chi connectivity index (χ3n) is 3.14. The smallest absolute Gasteiger partial charge is 0.434 e. The van der Waals surface area contributed by atoms with Crippen LogP contribution in [0.4, 0.5) is 26.3 Å². The van der Waals surface area contributed by atoms with Crippen molar-refractivity contribution in [3.05, 3.63) is 0 Å². The van der Waals surface area contributed by atoms with Gasteiger partial charge >= 0.3 is 24.3 Å². The zero-order chi connectivity index (χ0) is 18.8. The Hall–Kier alpha value is -1.60. The van der Waals surface area contributed by atoms with E-state index in [1.165, 1.54) is 7.05 Å². The van der Waals surface area contributed by atoms with Crippen molar-refractivity contribution >= 4 is 11.9 Å². The quantitative estimate of drug-likeness (QED) is 0.569. The van der Waals surface area contributed by atoms with Crippen LogP contribution in [0.2, 0.25) is 0 Å². The van der Waals surface area contributed by atoms with Gasteiger partial charge in [0.15, 0.2) is 0 Å². The number of carbonyl (C=O) groups excluding carboxylic acids is 2. The Kier molecular flexibility index (Phi) is 6.05. The number of hydrogen-bond acceptors (Lipinski definition) is 7. The number of nitrogens with one attached hydrogen (secondary N) is 1. The van der Waals surface area contributed by atoms with Gasteiger partial charge in [-0.2, -0.15) is 26.3 Å². The number of esters is 2. The Labute approximate surface area is 131 Å². The van der Waals surface area contributed by atoms with Crippen LogP contribution in [0, 0.1) is 0 Å². The van der Waals surface area contributed by atoms with Crippen molar-refractivity contribution in [2.45, 2.75) is 24.3 Å². The van der Waals surface area contributed by atoms with Gasteiger partial charge in [0.1, 0.15) is 6.61 Å². The molecule has 1 N–H and O–H groups in total. The summed E-state index contributed by atoms with van der Waals surface area (Å²) in [6, 6.07) is 0. The first kappa shape index (κ1) is 20.4. The van der Waals surface area contributed by atoms with Gasteiger partial charge in [-0.15, -0.1) is 0 Å². The van der Waals surface area contributed by atoms with Gasteiger partial charge in [-0.1, -0.05) is 0 Å². The summed E-state index contributed by atoms with van der Waals surface area (Å²) in [7, 11) is 2.20. The number of likely N-dealkylation sites (N-methyl/N-ethyl adjacent to an activating group) is 1. The lowest BCUT2D eigenvalue weighted by Crippen LogP contribution is -2.71. The molecule has 140 valence electrons. The maximum absolute atomic E-state index is 12.5. The summed E-state index contributed by atoms with van der Waals surface area (Å²) in [5, 5.41) is 2.28. The molecule has 2 unspecified atom stereocenters. The average Bonchev–Trinajstić information content (AvgIpc) is 2.41. The standard InChI is InChI=1S/C11H14F6N2O5/c1-19-4-3-18-6(23-7(20)10(12,13)14)9(19,5-22-2)24-8(21)11(15,16)17/h6,18H,3-5H2,1-2H3. The minimum Gasteiger partial charge on any atom is -0.434 e. The number of carbonyl (C=O) groups is 2. The molecule has 2 atom stereocenters. The molecule has 0 spiro atoms. The Morgan fingerprint density at radius 2 is 1.71 bits per heavy atom. The van der Waals surface area contributed by atoms with Gasteiger partial charge in [0.2, 0.25) is 12.0 Å². The summed E-state index contributed by atoms with van der Waals surface area (Å²) in [6.07, 6.45) is -12.8. The van der Waals surface area contributed by atoms with Gasteiger partial charge in [-0.3, -0.25) is 10.2 Å². The molecule has 1 heterocycles. The maximum atomic E-state index is 12.5. The number of methoxy groups -OCH3 is 1. The Morgan fingerprint density at radius 3 is 2.17 bits per heavy atom. The second-order valence-electron chi connectivity index (χ2n) is 4.82. The number of hydrogen-bond donors (Lipinski definition) is 1. The van der Waals surface area contributed by atoms with E-state index in [0.29, 0.717) is 0 Å². The van der Waals surface area contributed by atoms with Crippen LogP contribution < -0.4 is 5.32 Å². The SMILES string of the molecule is COCC1(OC(=O)C(F)(F)F)C(OC(=O)C(F)(F)F)NCCN1C. The third-order valence-corrected chi connectivity index (χ3v) is 3.14. The predicted octanol–water partition coefficient (Wildman–Crippen LogP) is 0.401. The lowest BCUT2D eigenvalue weighted by atomic mass is 10.1. The normalized spacial score (nSPS) is 26.1. The molecule has 1 rings (SSSR count). The van der Waals surface area contributed by atoms with E-state index in [1.54, 1.807) is 0 Å². The van der Waals surface area contributed by atoms with Gasteiger partial charge in [0.05, 0.1) is 0 Å². The Morgan fingerprint density at radius 1 is 1.17 bits per heavy atom. The zero-order valence-corrected chi connectivity index (χ0v) is 12.5. The van der Waals surface area contributed by atoms with Crippen LogP contribution in [0.5, 0.6) is 0 Å². The van der Waals surface area contributed by atoms with Crippen molar-refractivity contribution in [2.75, 3.05) is 33.9 Å². The fraction of sp³-hybridized carbons (Fsp3) is 0.818. The number of alkyl halides is 6. The van der Waals surface area contributed by atoms with Crippen molar-refractivity contribution < 1.29 is 50.1 Å². The fourth-order valence-electron chi connectivity index (χ4n) is 1.99. The van der Waals surface area contributed by atoms with E-state index in [4.69, 9.17) is 0 Å². The highest BCUT2D eigenvalue weighted by molar-refractivity contribution is 5.77. The summed E-state index contributed by atoms with van der Waals surface area (Å²) in [4.78, 5) is 23.2. The van der Waals surface area contributed by atoms with Crippen LogP contribution in [0.3, 0.4) is 0 Å². The number of halogens is 6. The third kappa shape index (κ3) is 4.48. The van der Waals surface area contributed by atoms with E-state index in [1.807, 2.05) is 0 Å². The second-order valence-corrected chi connectivity index (χ2v) is 4.82. The summed E-state index contributed by atoms with van der Waals surface area (Å²) >= 11 is 0. The van der Waals surface area contributed by atoms with Crippen molar-refractivity contribution in [1.82, 2.24) is 10.2 Å². The fourth-order valence-corrected chi connectivity index (χ4v) is 1.99. The molecule has 7 nitrogen and oxygen atoms in total. The minimum absolute atomic E-state index is 0.0193. The van der Waals surface area contributed by atoms with Crippen LogP contribution in [0.25, 0.3) is 0 Å². The molecule has 0 saturated carbocycles. The van der Waals surface area contributed by atoms with E-state index < -0.39 is 42.9 Å². The van der Waals surface area contributed by atoms with Gasteiger partial charge in [0, 0.05) is 20.2 Å². The van der Waals surface area contributed by atoms with E-state index in [0.717, 1.165) is 12.0 Å². The molecule has 0 aromatic carbocycles. The molecule has 13 heteroatoms. The van der Waals surface area contributed by atoms with Crippen LogP contribution in [-0.4, -0.2) is 75.0 Å². The maximum Gasteiger partial charge on any atom is 0.490 e. The molecule has 1 saturated heterocycles. The molecule has 1 aliphatic rings. The molecule has 0 bridgehead atoms. The first-order chi connectivity index (χ1) is 10.8. The van der Waals surface area contributed by atoms with E-state index in [9.17, 15) is 35.9 Å². The van der Waals surface area contributed by atoms with Crippen LogP contribution in [0.1, 0.15) is 0 Å². The highest BCUT2D eigenvalue weighted by Gasteiger charge is 2.57. The summed E-state index contributed by atoms with van der Waals surface area (Å²) < 4.78 is 87.7. The number of nitrogens with zero attached hydrogens (tertiary/aromatic N) is 1. The zero-order valence-electron chi connectivity index (χ0n) is 12.5. The highest BCUT2D eigenvalue weighted by atomic mass is 19.4. The second kappa shape index (κ2) is 7.11. The average molecular weight is 368 g/mol. The predicted molar refractivity (Wildman–Crippen MR) is 63.3 cm³/mol. The topological polar surface area (TPSA) is 77.1 Å². The van der Waals surface area contributed by atoms with E-state index in [2.05, 4.69) is 19.5 Å². The van der Waals surface area contributed by atoms with E-state index >= 15 is 0 Å². The van der Waals surface area contributed by atoms with Crippen molar-refractivity contribution in [3.8, 4) is 0 Å². The summed E-state index contributed by atoms with van der Waals surface area (Å²) in [5.74, 6) is -5.32. The molecule has 0 amide bonds. The van der Waals surface area contributed by atoms with E-state index in [-0.39, 0.29) is 13.1 Å². The summed E-state index contributed by atoms with van der Waals surface area (Å²) in [6.45, 7) is -0.843. The largest absolute Gasteiger partial charge is 0.490 e. The van der Waals surface area contributed by atoms with Crippen LogP contribution >= 0.6 is 0 Å². The van der Waals surface area contributed by atoms with Crippen LogP contribution in [-0.2, 0) is 23.8 Å². The first-order valence-corrected chi connectivity index (χ1v) is 6.36. The molecule has 1 fully saturated rings. The number of piperazine rings is 1. The molecule has 24 heavy (non-hydrogen) atoms. The molecule has 0 aliphatic carbocycles. The first-order valence-electron chi connectivity index (χ1n) is 6.36. The minimum atomic E-state index is -5.41. The lowest BCUT2D eigenvalue weighted by molar-refractivity contribution is -0.278. The van der Waals surface area contributed by atoms with Crippen molar-refractivity contribution in [3.63, 3.8) is 0 Å². The Balaban J connectivity index is 3.16. The number of rotatable bonds is 4. The molecule has 0 radical (unpaired) electrons. The Bertz CT molecular complexity index is 483. The van der Waals surface area contributed by atoms with Gasteiger partial charge < -0.3 is 14.2 Å². The lowest BCUT2D eigenvalue weighted by Gasteiger charge is -2.47. The molecule has 1 aliphatic heterocycles. The molecule has 0 aromatic rings. The highest BCUT2D eigenvalue weighted by Crippen LogP contribution is 2.30.